The summed E-state index contributed by atoms with van der Waals surface area (Å²) in [5.41, 5.74) is 0.671. The summed E-state index contributed by atoms with van der Waals surface area (Å²) in [5, 5.41) is 12.9. The topological polar surface area (TPSA) is 82.5 Å². The Morgan fingerprint density at radius 3 is 2.78 bits per heavy atom. The Hall–Kier alpha value is -1.47. The molecule has 0 saturated carbocycles. The van der Waals surface area contributed by atoms with Gasteiger partial charge in [0, 0.05) is 19.6 Å². The van der Waals surface area contributed by atoms with Gasteiger partial charge in [-0.05, 0) is 13.8 Å². The summed E-state index contributed by atoms with van der Waals surface area (Å²) in [5.74, 6) is -1.21. The molecular weight excluding hydrogens is 254 g/mol. The van der Waals surface area contributed by atoms with Gasteiger partial charge in [0.25, 0.3) is 5.91 Å². The van der Waals surface area contributed by atoms with Crippen LogP contribution in [0.5, 0.6) is 0 Å². The van der Waals surface area contributed by atoms with E-state index in [0.717, 1.165) is 5.01 Å². The van der Waals surface area contributed by atoms with Crippen LogP contribution in [0.1, 0.15) is 20.4 Å². The number of piperazine rings is 1. The molecule has 1 aliphatic rings. The summed E-state index contributed by atoms with van der Waals surface area (Å²) in [6.45, 7) is 4.92. The molecule has 1 atom stereocenters. The number of nitrogens with one attached hydrogen (secondary N) is 1. The molecule has 1 saturated heterocycles. The van der Waals surface area contributed by atoms with E-state index in [-0.39, 0.29) is 12.5 Å². The zero-order valence-electron chi connectivity index (χ0n) is 10.3. The van der Waals surface area contributed by atoms with Gasteiger partial charge in [0.2, 0.25) is 0 Å². The summed E-state index contributed by atoms with van der Waals surface area (Å²) in [7, 11) is 0. The standard InChI is InChI=1S/C11H15N3O3S/c1-6-9(18-7(2)13-6)10(15)14-4-3-12-5-8(14)11(16)17/h8,12H,3-5H2,1-2H3,(H,16,17). The average Bonchev–Trinajstić information content (AvgIpc) is 2.67. The lowest BCUT2D eigenvalue weighted by Gasteiger charge is -2.33. The fourth-order valence-corrected chi connectivity index (χ4v) is 2.90. The number of rotatable bonds is 2. The van der Waals surface area contributed by atoms with E-state index in [0.29, 0.717) is 23.7 Å². The van der Waals surface area contributed by atoms with E-state index < -0.39 is 12.0 Å². The summed E-state index contributed by atoms with van der Waals surface area (Å²) >= 11 is 1.31. The van der Waals surface area contributed by atoms with Crippen molar-refractivity contribution in [3.8, 4) is 0 Å². The molecule has 1 aliphatic heterocycles. The van der Waals surface area contributed by atoms with Crippen LogP contribution in [0.25, 0.3) is 0 Å². The van der Waals surface area contributed by atoms with Crippen molar-refractivity contribution < 1.29 is 14.7 Å². The Labute approximate surface area is 109 Å². The number of amides is 1. The molecule has 0 bridgehead atoms. The highest BCUT2D eigenvalue weighted by Gasteiger charge is 2.33. The number of aliphatic carboxylic acids is 1. The van der Waals surface area contributed by atoms with Gasteiger partial charge in [-0.3, -0.25) is 4.79 Å². The van der Waals surface area contributed by atoms with Crippen molar-refractivity contribution in [2.75, 3.05) is 19.6 Å². The quantitative estimate of drug-likeness (QED) is 0.804. The SMILES string of the molecule is Cc1nc(C)c(C(=O)N2CCNCC2C(=O)O)s1. The third-order valence-electron chi connectivity index (χ3n) is 2.89. The van der Waals surface area contributed by atoms with Crippen LogP contribution in [0.2, 0.25) is 0 Å². The summed E-state index contributed by atoms with van der Waals surface area (Å²) < 4.78 is 0. The lowest BCUT2D eigenvalue weighted by molar-refractivity contribution is -0.142. The van der Waals surface area contributed by atoms with Crippen LogP contribution in [-0.4, -0.2) is 52.5 Å². The van der Waals surface area contributed by atoms with E-state index in [1.807, 2.05) is 6.92 Å². The Bertz CT molecular complexity index is 486. The molecule has 2 rings (SSSR count). The number of hydrogen-bond acceptors (Lipinski definition) is 5. The van der Waals surface area contributed by atoms with E-state index in [4.69, 9.17) is 5.11 Å². The number of carboxylic acid groups (broad SMARTS) is 1. The van der Waals surface area contributed by atoms with Gasteiger partial charge in [0.15, 0.2) is 0 Å². The number of nitrogens with zero attached hydrogens (tertiary/aromatic N) is 2. The Morgan fingerprint density at radius 1 is 1.50 bits per heavy atom. The lowest BCUT2D eigenvalue weighted by Crippen LogP contribution is -2.56. The van der Waals surface area contributed by atoms with Crippen molar-refractivity contribution >= 4 is 23.2 Å². The monoisotopic (exact) mass is 269 g/mol. The van der Waals surface area contributed by atoms with Crippen LogP contribution in [-0.2, 0) is 4.79 Å². The minimum atomic E-state index is -0.977. The molecule has 0 aromatic carbocycles. The second-order valence-electron chi connectivity index (χ2n) is 4.20. The normalized spacial score (nSPS) is 19.9. The largest absolute Gasteiger partial charge is 0.480 e. The third-order valence-corrected chi connectivity index (χ3v) is 3.95. The van der Waals surface area contributed by atoms with Gasteiger partial charge in [-0.2, -0.15) is 0 Å². The number of carbonyl (C=O) groups excluding carboxylic acids is 1. The molecular formula is C11H15N3O3S. The van der Waals surface area contributed by atoms with Crippen LogP contribution in [0.15, 0.2) is 0 Å². The summed E-state index contributed by atoms with van der Waals surface area (Å²) in [6, 6.07) is -0.798. The van der Waals surface area contributed by atoms with Crippen LogP contribution >= 0.6 is 11.3 Å². The second kappa shape index (κ2) is 5.03. The molecule has 2 N–H and O–H groups in total. The van der Waals surface area contributed by atoms with Gasteiger partial charge >= 0.3 is 5.97 Å². The van der Waals surface area contributed by atoms with Crippen molar-refractivity contribution in [1.82, 2.24) is 15.2 Å². The molecule has 2 heterocycles. The molecule has 1 aromatic heterocycles. The van der Waals surface area contributed by atoms with Gasteiger partial charge in [-0.1, -0.05) is 0 Å². The predicted octanol–water partition coefficient (Wildman–Crippen LogP) is 0.259. The fourth-order valence-electron chi connectivity index (χ4n) is 2.03. The first-order valence-corrected chi connectivity index (χ1v) is 6.51. The predicted molar refractivity (Wildman–Crippen MR) is 66.9 cm³/mol. The highest BCUT2D eigenvalue weighted by atomic mass is 32.1. The number of thiazole rings is 1. The molecule has 0 radical (unpaired) electrons. The highest BCUT2D eigenvalue weighted by molar-refractivity contribution is 7.13. The molecule has 0 aliphatic carbocycles. The number of aryl methyl sites for hydroxylation is 2. The van der Waals surface area contributed by atoms with Crippen molar-refractivity contribution in [3.63, 3.8) is 0 Å². The zero-order valence-corrected chi connectivity index (χ0v) is 11.1. The maximum Gasteiger partial charge on any atom is 0.327 e. The molecule has 1 amide bonds. The Balaban J connectivity index is 2.26. The Morgan fingerprint density at radius 2 is 2.22 bits per heavy atom. The van der Waals surface area contributed by atoms with E-state index in [2.05, 4.69) is 10.3 Å². The van der Waals surface area contributed by atoms with Crippen LogP contribution in [0.3, 0.4) is 0 Å². The van der Waals surface area contributed by atoms with Gasteiger partial charge in [-0.25, -0.2) is 9.78 Å². The molecule has 7 heteroatoms. The molecule has 6 nitrogen and oxygen atoms in total. The first kappa shape index (κ1) is 13.0. The minimum Gasteiger partial charge on any atom is -0.480 e. The molecule has 98 valence electrons. The molecule has 1 unspecified atom stereocenters. The average molecular weight is 269 g/mol. The van der Waals surface area contributed by atoms with Gasteiger partial charge < -0.3 is 15.3 Å². The van der Waals surface area contributed by atoms with Crippen molar-refractivity contribution in [2.24, 2.45) is 0 Å². The van der Waals surface area contributed by atoms with Gasteiger partial charge in [0.05, 0.1) is 10.7 Å². The smallest absolute Gasteiger partial charge is 0.327 e. The Kier molecular flexibility index (Phi) is 3.63. The molecule has 18 heavy (non-hydrogen) atoms. The van der Waals surface area contributed by atoms with Crippen LogP contribution in [0, 0.1) is 13.8 Å². The fraction of sp³-hybridized carbons (Fsp3) is 0.545. The van der Waals surface area contributed by atoms with Crippen molar-refractivity contribution in [3.05, 3.63) is 15.6 Å². The van der Waals surface area contributed by atoms with Crippen LogP contribution < -0.4 is 5.32 Å². The lowest BCUT2D eigenvalue weighted by atomic mass is 10.2. The maximum absolute atomic E-state index is 12.4. The minimum absolute atomic E-state index is 0.230. The highest BCUT2D eigenvalue weighted by Crippen LogP contribution is 2.20. The van der Waals surface area contributed by atoms with E-state index >= 15 is 0 Å². The number of carbonyl (C=O) groups is 2. The van der Waals surface area contributed by atoms with E-state index in [1.54, 1.807) is 6.92 Å². The number of carboxylic acids is 1. The molecule has 1 fully saturated rings. The maximum atomic E-state index is 12.4. The third kappa shape index (κ3) is 2.37. The molecule has 0 spiro atoms. The molecule has 1 aromatic rings. The van der Waals surface area contributed by atoms with Crippen molar-refractivity contribution in [2.45, 2.75) is 19.9 Å². The van der Waals surface area contributed by atoms with E-state index in [1.165, 1.54) is 16.2 Å². The first-order valence-electron chi connectivity index (χ1n) is 5.69. The summed E-state index contributed by atoms with van der Waals surface area (Å²) in [6.07, 6.45) is 0. The van der Waals surface area contributed by atoms with Crippen molar-refractivity contribution in [1.29, 1.82) is 0 Å². The number of hydrogen-bond donors (Lipinski definition) is 2. The van der Waals surface area contributed by atoms with Gasteiger partial charge in [-0.15, -0.1) is 11.3 Å². The van der Waals surface area contributed by atoms with E-state index in [9.17, 15) is 9.59 Å². The number of aromatic nitrogens is 1. The van der Waals surface area contributed by atoms with Gasteiger partial charge in [0.1, 0.15) is 10.9 Å². The second-order valence-corrected chi connectivity index (χ2v) is 5.41. The summed E-state index contributed by atoms with van der Waals surface area (Å²) in [4.78, 5) is 29.7. The zero-order chi connectivity index (χ0) is 13.3. The van der Waals surface area contributed by atoms with Crippen LogP contribution in [0.4, 0.5) is 0 Å². The first-order chi connectivity index (χ1) is 8.50.